The fraction of sp³-hybridized carbons (Fsp3) is 0.333. The average molecular weight is 556 g/mol. The van der Waals surface area contributed by atoms with Crippen molar-refractivity contribution < 1.29 is 23.8 Å². The summed E-state index contributed by atoms with van der Waals surface area (Å²) < 4.78 is 31.6. The SMILES string of the molecule is CCc1c2c(nn1C)COCCCCn1c(C(=O)O)c(CCCOc3cccc4ccccc34)c3ccc(F)c-2c31. The average Bonchev–Trinajstić information content (AvgIpc) is 3.45. The number of ether oxygens (including phenoxy) is 2. The van der Waals surface area contributed by atoms with E-state index in [-0.39, 0.29) is 18.1 Å². The van der Waals surface area contributed by atoms with E-state index in [0.29, 0.717) is 66.9 Å². The Kier molecular flexibility index (Phi) is 7.49. The fourth-order valence-corrected chi connectivity index (χ4v) is 6.26. The van der Waals surface area contributed by atoms with Crippen LogP contribution in [0.1, 0.15) is 53.6 Å². The highest BCUT2D eigenvalue weighted by molar-refractivity contribution is 6.04. The molecule has 1 aliphatic rings. The quantitative estimate of drug-likeness (QED) is 0.221. The number of hydrogen-bond donors (Lipinski definition) is 1. The number of carboxylic acids is 1. The molecular formula is C33H34FN3O4. The molecule has 212 valence electrons. The summed E-state index contributed by atoms with van der Waals surface area (Å²) in [5, 5.41) is 18.1. The van der Waals surface area contributed by atoms with Gasteiger partial charge in [-0.15, -0.1) is 0 Å². The predicted octanol–water partition coefficient (Wildman–Crippen LogP) is 6.92. The molecule has 0 saturated heterocycles. The predicted molar refractivity (Wildman–Crippen MR) is 157 cm³/mol. The third-order valence-electron chi connectivity index (χ3n) is 8.04. The zero-order valence-electron chi connectivity index (χ0n) is 23.5. The number of fused-ring (bicyclic) bond motifs is 3. The van der Waals surface area contributed by atoms with Crippen LogP contribution in [0, 0.1) is 5.82 Å². The van der Waals surface area contributed by atoms with Crippen LogP contribution in [0.2, 0.25) is 0 Å². The van der Waals surface area contributed by atoms with E-state index in [2.05, 4.69) is 17.2 Å². The summed E-state index contributed by atoms with van der Waals surface area (Å²) in [6.07, 6.45) is 3.24. The number of aryl methyl sites for hydroxylation is 3. The number of hydrogen-bond acceptors (Lipinski definition) is 4. The van der Waals surface area contributed by atoms with Gasteiger partial charge in [-0.2, -0.15) is 5.10 Å². The molecule has 3 heterocycles. The van der Waals surface area contributed by atoms with Crippen molar-refractivity contribution in [3.8, 4) is 16.9 Å². The lowest BCUT2D eigenvalue weighted by Crippen LogP contribution is -2.12. The van der Waals surface area contributed by atoms with Gasteiger partial charge in [-0.05, 0) is 61.3 Å². The van der Waals surface area contributed by atoms with Gasteiger partial charge in [0.2, 0.25) is 0 Å². The van der Waals surface area contributed by atoms with Crippen molar-refractivity contribution >= 4 is 27.6 Å². The molecule has 0 bridgehead atoms. The number of rotatable bonds is 7. The number of benzene rings is 3. The maximum Gasteiger partial charge on any atom is 0.352 e. The zero-order chi connectivity index (χ0) is 28.5. The molecule has 0 spiro atoms. The van der Waals surface area contributed by atoms with E-state index in [1.807, 2.05) is 48.9 Å². The summed E-state index contributed by atoms with van der Waals surface area (Å²) in [6, 6.07) is 17.2. The summed E-state index contributed by atoms with van der Waals surface area (Å²) in [5.74, 6) is -0.589. The second kappa shape index (κ2) is 11.4. The summed E-state index contributed by atoms with van der Waals surface area (Å²) in [6.45, 7) is 3.72. The standard InChI is InChI=1S/C33H34FN3O4/c1-3-27-30-26(35-36(27)2)20-40-18-7-6-17-37-31-24(15-16-25(34)29(30)31)23(32(37)33(38)39)13-9-19-41-28-14-8-11-21-10-4-5-12-22(21)28/h4-5,8,10-12,14-16H,3,6-7,9,13,17-20H2,1-2H3,(H,38,39). The maximum atomic E-state index is 15.9. The summed E-state index contributed by atoms with van der Waals surface area (Å²) in [5.41, 5.74) is 4.25. The Morgan fingerprint density at radius 3 is 2.73 bits per heavy atom. The van der Waals surface area contributed by atoms with Crippen LogP contribution in [-0.4, -0.2) is 38.6 Å². The second-order valence-electron chi connectivity index (χ2n) is 10.5. The number of aromatic nitrogens is 3. The minimum absolute atomic E-state index is 0.223. The molecule has 41 heavy (non-hydrogen) atoms. The topological polar surface area (TPSA) is 78.5 Å². The van der Waals surface area contributed by atoms with Crippen molar-refractivity contribution in [3.63, 3.8) is 0 Å². The molecule has 2 aromatic heterocycles. The Balaban J connectivity index is 1.44. The lowest BCUT2D eigenvalue weighted by atomic mass is 9.96. The van der Waals surface area contributed by atoms with Gasteiger partial charge >= 0.3 is 5.97 Å². The third-order valence-corrected chi connectivity index (χ3v) is 8.04. The maximum absolute atomic E-state index is 15.9. The van der Waals surface area contributed by atoms with Crippen LogP contribution in [-0.2, 0) is 37.8 Å². The molecule has 5 aromatic rings. The minimum Gasteiger partial charge on any atom is -0.493 e. The van der Waals surface area contributed by atoms with E-state index in [0.717, 1.165) is 40.4 Å². The van der Waals surface area contributed by atoms with E-state index in [1.54, 1.807) is 10.7 Å². The highest BCUT2D eigenvalue weighted by Gasteiger charge is 2.29. The number of carbonyl (C=O) groups is 1. The first-order valence-electron chi connectivity index (χ1n) is 14.3. The van der Waals surface area contributed by atoms with Crippen molar-refractivity contribution in [2.75, 3.05) is 13.2 Å². The highest BCUT2D eigenvalue weighted by atomic mass is 19.1. The monoisotopic (exact) mass is 555 g/mol. The van der Waals surface area contributed by atoms with E-state index in [9.17, 15) is 9.90 Å². The van der Waals surface area contributed by atoms with Crippen LogP contribution in [0.4, 0.5) is 4.39 Å². The molecule has 0 aliphatic carbocycles. The van der Waals surface area contributed by atoms with Gasteiger partial charge in [-0.1, -0.05) is 43.3 Å². The molecule has 0 fully saturated rings. The van der Waals surface area contributed by atoms with E-state index in [4.69, 9.17) is 9.47 Å². The second-order valence-corrected chi connectivity index (χ2v) is 10.5. The van der Waals surface area contributed by atoms with Gasteiger partial charge in [0.15, 0.2) is 0 Å². The van der Waals surface area contributed by atoms with Gasteiger partial charge in [0, 0.05) is 47.8 Å². The normalized spacial score (nSPS) is 13.7. The van der Waals surface area contributed by atoms with Gasteiger partial charge in [-0.3, -0.25) is 4.68 Å². The van der Waals surface area contributed by atoms with Crippen molar-refractivity contribution in [2.45, 2.75) is 52.2 Å². The fourth-order valence-electron chi connectivity index (χ4n) is 6.26. The van der Waals surface area contributed by atoms with E-state index >= 15 is 4.39 Å². The van der Waals surface area contributed by atoms with Crippen molar-refractivity contribution in [2.24, 2.45) is 7.05 Å². The molecule has 1 N–H and O–H groups in total. The van der Waals surface area contributed by atoms with Crippen LogP contribution in [0.15, 0.2) is 54.6 Å². The molecule has 0 radical (unpaired) electrons. The van der Waals surface area contributed by atoms with Crippen LogP contribution in [0.25, 0.3) is 32.8 Å². The lowest BCUT2D eigenvalue weighted by molar-refractivity contribution is 0.0683. The Labute approximate surface area is 238 Å². The first-order valence-corrected chi connectivity index (χ1v) is 14.3. The molecule has 3 aromatic carbocycles. The Hall–Kier alpha value is -4.17. The van der Waals surface area contributed by atoms with Crippen LogP contribution < -0.4 is 4.74 Å². The van der Waals surface area contributed by atoms with Crippen LogP contribution in [0.3, 0.4) is 0 Å². The summed E-state index contributed by atoms with van der Waals surface area (Å²) in [4.78, 5) is 12.8. The first-order chi connectivity index (χ1) is 20.0. The Morgan fingerprint density at radius 2 is 1.90 bits per heavy atom. The number of halogens is 1. The number of carboxylic acid groups (broad SMARTS) is 1. The number of nitrogens with zero attached hydrogens (tertiary/aromatic N) is 3. The van der Waals surface area contributed by atoms with Gasteiger partial charge in [0.25, 0.3) is 0 Å². The van der Waals surface area contributed by atoms with Gasteiger partial charge in [0.1, 0.15) is 17.3 Å². The number of aromatic carboxylic acids is 1. The molecule has 8 heteroatoms. The Morgan fingerprint density at radius 1 is 1.07 bits per heavy atom. The van der Waals surface area contributed by atoms with Gasteiger partial charge in [-0.25, -0.2) is 9.18 Å². The zero-order valence-corrected chi connectivity index (χ0v) is 23.5. The molecule has 0 unspecified atom stereocenters. The molecular weight excluding hydrogens is 521 g/mol. The van der Waals surface area contributed by atoms with Crippen molar-refractivity contribution in [1.29, 1.82) is 0 Å². The molecule has 6 rings (SSSR count). The molecule has 0 atom stereocenters. The lowest BCUT2D eigenvalue weighted by Gasteiger charge is -2.13. The van der Waals surface area contributed by atoms with E-state index in [1.165, 1.54) is 6.07 Å². The van der Waals surface area contributed by atoms with E-state index < -0.39 is 5.97 Å². The van der Waals surface area contributed by atoms with Crippen LogP contribution in [0.5, 0.6) is 5.75 Å². The highest BCUT2D eigenvalue weighted by Crippen LogP contribution is 2.41. The largest absolute Gasteiger partial charge is 0.493 e. The molecule has 0 saturated carbocycles. The summed E-state index contributed by atoms with van der Waals surface area (Å²) >= 11 is 0. The molecule has 1 aliphatic heterocycles. The van der Waals surface area contributed by atoms with Crippen molar-refractivity contribution in [3.05, 3.63) is 83.1 Å². The smallest absolute Gasteiger partial charge is 0.352 e. The van der Waals surface area contributed by atoms with Gasteiger partial charge in [0.05, 0.1) is 24.4 Å². The van der Waals surface area contributed by atoms with Crippen LogP contribution >= 0.6 is 0 Å². The van der Waals surface area contributed by atoms with Crippen molar-refractivity contribution in [1.82, 2.24) is 14.3 Å². The Bertz CT molecular complexity index is 1750. The summed E-state index contributed by atoms with van der Waals surface area (Å²) in [7, 11) is 1.86. The van der Waals surface area contributed by atoms with Gasteiger partial charge < -0.3 is 19.1 Å². The minimum atomic E-state index is -1.01. The molecule has 7 nitrogen and oxygen atoms in total. The molecule has 0 amide bonds. The third kappa shape index (κ3) is 4.86. The first kappa shape index (κ1) is 27.0.